The average Bonchev–Trinajstić information content (AvgIpc) is 2.62. The predicted octanol–water partition coefficient (Wildman–Crippen LogP) is 0.443. The SMILES string of the molecule is [B]C(CC)(Cc1ccc2c(c1)OC([B])([B])O2)NC. The van der Waals surface area contributed by atoms with Gasteiger partial charge in [0, 0.05) is 0 Å². The molecule has 0 aromatic heterocycles. The Balaban J connectivity index is 2.19. The smallest absolute Gasteiger partial charge is 0.175 e. The maximum absolute atomic E-state index is 6.19. The van der Waals surface area contributed by atoms with E-state index in [1.54, 1.807) is 6.07 Å². The molecule has 6 radical (unpaired) electrons. The van der Waals surface area contributed by atoms with Gasteiger partial charge >= 0.3 is 0 Å². The molecule has 2 rings (SSSR count). The van der Waals surface area contributed by atoms with Crippen LogP contribution in [0.15, 0.2) is 18.2 Å². The van der Waals surface area contributed by atoms with Crippen LogP contribution in [0.2, 0.25) is 0 Å². The number of hydrogen-bond acceptors (Lipinski definition) is 3. The Morgan fingerprint density at radius 3 is 2.56 bits per heavy atom. The molecule has 88 valence electrons. The van der Waals surface area contributed by atoms with E-state index in [2.05, 4.69) is 5.32 Å². The topological polar surface area (TPSA) is 30.5 Å². The Hall–Kier alpha value is -1.03. The normalized spacial score (nSPS) is 19.4. The second kappa shape index (κ2) is 4.58. The van der Waals surface area contributed by atoms with Gasteiger partial charge in [-0.3, -0.25) is 0 Å². The van der Waals surface area contributed by atoms with Gasteiger partial charge in [-0.25, -0.2) is 0 Å². The number of rotatable bonds is 4. The number of likely N-dealkylation sites (N-methyl/N-ethyl adjacent to an activating group) is 1. The van der Waals surface area contributed by atoms with Gasteiger partial charge in [-0.05, 0) is 43.0 Å². The van der Waals surface area contributed by atoms with Gasteiger partial charge in [0.25, 0.3) is 0 Å². The highest BCUT2D eigenvalue weighted by atomic mass is 16.7. The van der Waals surface area contributed by atoms with Crippen LogP contribution in [0.3, 0.4) is 0 Å². The lowest BCUT2D eigenvalue weighted by atomic mass is 9.71. The van der Waals surface area contributed by atoms with Gasteiger partial charge in [0.2, 0.25) is 0 Å². The number of hydrogen-bond donors (Lipinski definition) is 1. The molecule has 1 unspecified atom stereocenters. The highest BCUT2D eigenvalue weighted by molar-refractivity contribution is 6.38. The van der Waals surface area contributed by atoms with Crippen LogP contribution in [-0.4, -0.2) is 41.6 Å². The van der Waals surface area contributed by atoms with Gasteiger partial charge in [0.1, 0.15) is 0 Å². The van der Waals surface area contributed by atoms with E-state index in [9.17, 15) is 0 Å². The molecule has 6 heteroatoms. The molecule has 1 heterocycles. The standard InChI is InChI=1S/C12H14B3NO2/c1-3-11(13,16-2)7-8-4-5-9-10(6-8)18-12(14,15)17-9/h4-6,16H,3,7H2,1-2H3. The number of nitrogens with one attached hydrogen (secondary N) is 1. The van der Waals surface area contributed by atoms with E-state index in [0.29, 0.717) is 17.9 Å². The zero-order valence-corrected chi connectivity index (χ0v) is 10.7. The highest BCUT2D eigenvalue weighted by Crippen LogP contribution is 2.38. The zero-order valence-electron chi connectivity index (χ0n) is 10.7. The molecule has 1 aliphatic rings. The molecule has 0 spiro atoms. The molecule has 1 atom stereocenters. The summed E-state index contributed by atoms with van der Waals surface area (Å²) < 4.78 is 10.5. The minimum absolute atomic E-state index is 0.434. The summed E-state index contributed by atoms with van der Waals surface area (Å²) in [7, 11) is 19.2. The zero-order chi connectivity index (χ0) is 13.4. The van der Waals surface area contributed by atoms with E-state index in [1.165, 1.54) is 0 Å². The number of fused-ring (bicyclic) bond motifs is 1. The van der Waals surface area contributed by atoms with E-state index < -0.39 is 11.0 Å². The average molecular weight is 237 g/mol. The fourth-order valence-corrected chi connectivity index (χ4v) is 1.95. The first-order valence-electron chi connectivity index (χ1n) is 5.94. The van der Waals surface area contributed by atoms with E-state index in [-0.39, 0.29) is 0 Å². The fraction of sp³-hybridized carbons (Fsp3) is 0.500. The monoisotopic (exact) mass is 237 g/mol. The summed E-state index contributed by atoms with van der Waals surface area (Å²) in [4.78, 5) is 0. The first-order chi connectivity index (χ1) is 8.37. The van der Waals surface area contributed by atoms with Crippen molar-refractivity contribution >= 4 is 23.5 Å². The molecule has 0 fully saturated rings. The van der Waals surface area contributed by atoms with Crippen molar-refractivity contribution in [3.63, 3.8) is 0 Å². The van der Waals surface area contributed by atoms with Gasteiger partial charge in [0.15, 0.2) is 32.8 Å². The molecule has 0 saturated heterocycles. The molecule has 3 nitrogen and oxygen atoms in total. The largest absolute Gasteiger partial charge is 0.468 e. The summed E-state index contributed by atoms with van der Waals surface area (Å²) in [6.07, 6.45) is 1.49. The molecule has 1 aromatic carbocycles. The van der Waals surface area contributed by atoms with E-state index in [4.69, 9.17) is 33.0 Å². The van der Waals surface area contributed by atoms with Gasteiger partial charge in [-0.15, -0.1) is 0 Å². The Morgan fingerprint density at radius 2 is 1.94 bits per heavy atom. The third kappa shape index (κ3) is 2.69. The van der Waals surface area contributed by atoms with Crippen molar-refractivity contribution in [2.45, 2.75) is 30.8 Å². The molecule has 1 aromatic rings. The first kappa shape index (κ1) is 13.4. The fourth-order valence-electron chi connectivity index (χ4n) is 1.95. The third-order valence-corrected chi connectivity index (χ3v) is 3.20. The molecule has 0 aliphatic carbocycles. The number of benzene rings is 1. The summed E-state index contributed by atoms with van der Waals surface area (Å²) in [6, 6.07) is 5.57. The van der Waals surface area contributed by atoms with Crippen molar-refractivity contribution < 1.29 is 9.47 Å². The molecule has 0 amide bonds. The molecule has 0 bridgehead atoms. The van der Waals surface area contributed by atoms with Gasteiger partial charge in [0.05, 0.1) is 7.85 Å². The lowest BCUT2D eigenvalue weighted by molar-refractivity contribution is 0.0833. The van der Waals surface area contributed by atoms with Crippen molar-refractivity contribution in [3.8, 4) is 11.5 Å². The van der Waals surface area contributed by atoms with Crippen LogP contribution in [0.1, 0.15) is 18.9 Å². The summed E-state index contributed by atoms with van der Waals surface area (Å²) in [5.41, 5.74) is -0.973. The first-order valence-corrected chi connectivity index (χ1v) is 5.94. The van der Waals surface area contributed by atoms with E-state index in [0.717, 1.165) is 12.0 Å². The Kier molecular flexibility index (Phi) is 3.41. The van der Waals surface area contributed by atoms with Gasteiger partial charge in [-0.2, -0.15) is 0 Å². The van der Waals surface area contributed by atoms with Crippen LogP contribution < -0.4 is 14.8 Å². The second-order valence-electron chi connectivity index (χ2n) is 4.64. The van der Waals surface area contributed by atoms with Crippen molar-refractivity contribution in [2.24, 2.45) is 0 Å². The third-order valence-electron chi connectivity index (χ3n) is 3.20. The maximum Gasteiger partial charge on any atom is 0.175 e. The molecular formula is C12H14B3NO2. The van der Waals surface area contributed by atoms with Crippen LogP contribution in [0.25, 0.3) is 0 Å². The molecule has 1 N–H and O–H groups in total. The summed E-state index contributed by atoms with van der Waals surface area (Å²) >= 11 is 0. The van der Waals surface area contributed by atoms with Crippen LogP contribution in [-0.2, 0) is 6.42 Å². The van der Waals surface area contributed by atoms with Crippen molar-refractivity contribution in [1.82, 2.24) is 5.32 Å². The minimum Gasteiger partial charge on any atom is -0.468 e. The van der Waals surface area contributed by atoms with Gasteiger partial charge in [-0.1, -0.05) is 13.0 Å². The Labute approximate surface area is 112 Å². The van der Waals surface area contributed by atoms with Crippen molar-refractivity contribution in [3.05, 3.63) is 23.8 Å². The lowest BCUT2D eigenvalue weighted by Gasteiger charge is -2.28. The molecular weight excluding hydrogens is 223 g/mol. The predicted molar refractivity (Wildman–Crippen MR) is 73.5 cm³/mol. The molecule has 18 heavy (non-hydrogen) atoms. The Bertz CT molecular complexity index is 447. The van der Waals surface area contributed by atoms with Crippen molar-refractivity contribution in [1.29, 1.82) is 0 Å². The van der Waals surface area contributed by atoms with Crippen molar-refractivity contribution in [2.75, 3.05) is 7.05 Å². The molecule has 0 saturated carbocycles. The highest BCUT2D eigenvalue weighted by Gasteiger charge is 2.30. The summed E-state index contributed by atoms with van der Waals surface area (Å²) in [5, 5.41) is 3.12. The summed E-state index contributed by atoms with van der Waals surface area (Å²) in [5.74, 6) is 1.10. The van der Waals surface area contributed by atoms with Crippen LogP contribution in [0.5, 0.6) is 11.5 Å². The second-order valence-corrected chi connectivity index (χ2v) is 4.64. The van der Waals surface area contributed by atoms with E-state index >= 15 is 0 Å². The summed E-state index contributed by atoms with van der Waals surface area (Å²) in [6.45, 7) is 2.04. The number of ether oxygens (including phenoxy) is 2. The minimum atomic E-state index is -1.57. The van der Waals surface area contributed by atoms with Crippen LogP contribution in [0.4, 0.5) is 0 Å². The maximum atomic E-state index is 6.19. The van der Waals surface area contributed by atoms with Crippen LogP contribution in [0, 0.1) is 0 Å². The molecule has 1 aliphatic heterocycles. The quantitative estimate of drug-likeness (QED) is 0.770. The van der Waals surface area contributed by atoms with E-state index in [1.807, 2.05) is 26.1 Å². The lowest BCUT2D eigenvalue weighted by Crippen LogP contribution is -2.44. The van der Waals surface area contributed by atoms with Crippen LogP contribution >= 0.6 is 0 Å². The van der Waals surface area contributed by atoms with Gasteiger partial charge < -0.3 is 14.8 Å². The Morgan fingerprint density at radius 1 is 1.28 bits per heavy atom.